The normalized spacial score (nSPS) is 12.6. The monoisotopic (exact) mass is 468 g/mol. The lowest BCUT2D eigenvalue weighted by Crippen LogP contribution is -2.10. The second kappa shape index (κ2) is 8.34. The molecule has 162 valence electrons. The molecule has 3 aromatic heterocycles. The van der Waals surface area contributed by atoms with E-state index < -0.39 is 40.1 Å². The Morgan fingerprint density at radius 2 is 1.97 bits per heavy atom. The summed E-state index contributed by atoms with van der Waals surface area (Å²) in [5.74, 6) is -0.471. The Morgan fingerprint density at radius 1 is 1.23 bits per heavy atom. The van der Waals surface area contributed by atoms with Crippen molar-refractivity contribution in [3.8, 4) is 17.1 Å². The van der Waals surface area contributed by atoms with Crippen molar-refractivity contribution >= 4 is 27.2 Å². The van der Waals surface area contributed by atoms with Crippen LogP contribution < -0.4 is 4.74 Å². The Bertz CT molecular complexity index is 1170. The zero-order chi connectivity index (χ0) is 22.1. The molecule has 0 unspecified atom stereocenters. The standard InChI is InChI=1S/C16H13F5N4O3S2/c1-2-30(26,27)11-3-9(28-7-12(17)18)5-22-15(11)10-6-25-8-23-14(4-13(25)24-10)29-16(19,20)21/h3-6,8,12H,2,7H2,1H3. The maximum Gasteiger partial charge on any atom is 0.447 e. The van der Waals surface area contributed by atoms with Crippen molar-refractivity contribution in [2.45, 2.75) is 28.8 Å². The van der Waals surface area contributed by atoms with Gasteiger partial charge in [-0.3, -0.25) is 4.40 Å². The molecule has 0 radical (unpaired) electrons. The highest BCUT2D eigenvalue weighted by Gasteiger charge is 2.30. The molecule has 0 N–H and O–H groups in total. The predicted molar refractivity (Wildman–Crippen MR) is 97.4 cm³/mol. The number of ether oxygens (including phenoxy) is 1. The summed E-state index contributed by atoms with van der Waals surface area (Å²) in [4.78, 5) is 11.5. The molecular formula is C16H13F5N4O3S2. The van der Waals surface area contributed by atoms with Crippen LogP contribution in [0.25, 0.3) is 17.0 Å². The maximum atomic E-state index is 12.5. The molecule has 7 nitrogen and oxygen atoms in total. The number of fused-ring (bicyclic) bond motifs is 1. The van der Waals surface area contributed by atoms with Gasteiger partial charge in [0.05, 0.1) is 16.8 Å². The first-order valence-corrected chi connectivity index (χ1v) is 10.7. The molecule has 0 aromatic carbocycles. The third kappa shape index (κ3) is 5.16. The third-order valence-electron chi connectivity index (χ3n) is 3.70. The molecule has 0 amide bonds. The van der Waals surface area contributed by atoms with Gasteiger partial charge in [-0.2, -0.15) is 13.2 Å². The summed E-state index contributed by atoms with van der Waals surface area (Å²) in [5.41, 5.74) is -4.47. The third-order valence-corrected chi connectivity index (χ3v) is 6.11. The molecule has 0 aliphatic carbocycles. The topological polar surface area (TPSA) is 86.5 Å². The average Bonchev–Trinajstić information content (AvgIpc) is 3.08. The number of halogens is 5. The lowest BCUT2D eigenvalue weighted by atomic mass is 10.3. The molecule has 0 fully saturated rings. The van der Waals surface area contributed by atoms with Crippen LogP contribution in [-0.2, 0) is 9.84 Å². The molecule has 14 heteroatoms. The zero-order valence-electron chi connectivity index (χ0n) is 15.1. The highest BCUT2D eigenvalue weighted by atomic mass is 32.2. The first-order valence-electron chi connectivity index (χ1n) is 8.23. The molecule has 3 heterocycles. The van der Waals surface area contributed by atoms with E-state index in [-0.39, 0.29) is 38.5 Å². The van der Waals surface area contributed by atoms with Gasteiger partial charge in [-0.25, -0.2) is 32.2 Å². The van der Waals surface area contributed by atoms with Crippen LogP contribution in [0.1, 0.15) is 6.92 Å². The molecule has 3 rings (SSSR count). The SMILES string of the molecule is CCS(=O)(=O)c1cc(OCC(F)F)cnc1-c1cn2cnc(SC(F)(F)F)cc2n1. The van der Waals surface area contributed by atoms with Gasteiger partial charge in [0.2, 0.25) is 0 Å². The molecule has 0 aliphatic rings. The number of rotatable bonds is 7. The van der Waals surface area contributed by atoms with Crippen LogP contribution >= 0.6 is 11.8 Å². The summed E-state index contributed by atoms with van der Waals surface area (Å²) >= 11 is -0.412. The van der Waals surface area contributed by atoms with Gasteiger partial charge in [-0.15, -0.1) is 0 Å². The van der Waals surface area contributed by atoms with Gasteiger partial charge >= 0.3 is 5.51 Å². The number of aromatic nitrogens is 4. The van der Waals surface area contributed by atoms with Gasteiger partial charge in [-0.1, -0.05) is 6.92 Å². The number of alkyl halides is 5. The van der Waals surface area contributed by atoms with Gasteiger partial charge in [-0.05, 0) is 0 Å². The van der Waals surface area contributed by atoms with E-state index in [1.165, 1.54) is 17.5 Å². The summed E-state index contributed by atoms with van der Waals surface area (Å²) in [6.07, 6.45) is 0.764. The smallest absolute Gasteiger partial charge is 0.447 e. The van der Waals surface area contributed by atoms with Crippen LogP contribution in [0, 0.1) is 0 Å². The minimum atomic E-state index is -4.53. The number of thioether (sulfide) groups is 1. The summed E-state index contributed by atoms with van der Waals surface area (Å²) in [6, 6.07) is 2.16. The van der Waals surface area contributed by atoms with Crippen LogP contribution in [0.15, 0.2) is 40.8 Å². The minimum Gasteiger partial charge on any atom is -0.486 e. The van der Waals surface area contributed by atoms with Crippen molar-refractivity contribution < 1.29 is 35.1 Å². The van der Waals surface area contributed by atoms with Gasteiger partial charge in [0.25, 0.3) is 6.43 Å². The largest absolute Gasteiger partial charge is 0.486 e. The maximum absolute atomic E-state index is 12.5. The van der Waals surface area contributed by atoms with E-state index in [4.69, 9.17) is 4.74 Å². The highest BCUT2D eigenvalue weighted by molar-refractivity contribution is 8.00. The van der Waals surface area contributed by atoms with Crippen LogP contribution in [0.5, 0.6) is 5.75 Å². The highest BCUT2D eigenvalue weighted by Crippen LogP contribution is 2.36. The number of pyridine rings is 1. The van der Waals surface area contributed by atoms with E-state index in [2.05, 4.69) is 15.0 Å². The van der Waals surface area contributed by atoms with E-state index in [9.17, 15) is 30.4 Å². The lowest BCUT2D eigenvalue weighted by molar-refractivity contribution is -0.0329. The average molecular weight is 468 g/mol. The number of hydrogen-bond acceptors (Lipinski definition) is 7. The van der Waals surface area contributed by atoms with Gasteiger partial charge in [0.1, 0.15) is 40.7 Å². The van der Waals surface area contributed by atoms with Crippen molar-refractivity contribution in [1.82, 2.24) is 19.4 Å². The first-order chi connectivity index (χ1) is 14.0. The fraction of sp³-hybridized carbons (Fsp3) is 0.312. The van der Waals surface area contributed by atoms with Gasteiger partial charge in [0, 0.05) is 30.1 Å². The van der Waals surface area contributed by atoms with Gasteiger partial charge in [0.15, 0.2) is 9.84 Å². The zero-order valence-corrected chi connectivity index (χ0v) is 16.7. The summed E-state index contributed by atoms with van der Waals surface area (Å²) in [5, 5.41) is -0.336. The molecule has 3 aromatic rings. The quantitative estimate of drug-likeness (QED) is 0.296. The van der Waals surface area contributed by atoms with E-state index in [1.54, 1.807) is 0 Å². The molecule has 0 saturated heterocycles. The number of hydrogen-bond donors (Lipinski definition) is 0. The number of imidazole rings is 1. The van der Waals surface area contributed by atoms with Crippen LogP contribution in [0.2, 0.25) is 0 Å². The Kier molecular flexibility index (Phi) is 6.17. The molecule has 0 saturated carbocycles. The first kappa shape index (κ1) is 22.2. The van der Waals surface area contributed by atoms with Gasteiger partial charge < -0.3 is 4.74 Å². The Hall–Kier alpha value is -2.48. The molecular weight excluding hydrogens is 455 g/mol. The Morgan fingerprint density at radius 3 is 2.60 bits per heavy atom. The number of sulfone groups is 1. The number of nitrogens with zero attached hydrogens (tertiary/aromatic N) is 4. The van der Waals surface area contributed by atoms with Crippen molar-refractivity contribution in [3.63, 3.8) is 0 Å². The lowest BCUT2D eigenvalue weighted by Gasteiger charge is -2.10. The predicted octanol–water partition coefficient (Wildman–Crippen LogP) is 3.84. The van der Waals surface area contributed by atoms with Crippen LogP contribution in [0.3, 0.4) is 0 Å². The van der Waals surface area contributed by atoms with E-state index in [0.717, 1.165) is 24.7 Å². The molecule has 0 bridgehead atoms. The van der Waals surface area contributed by atoms with E-state index >= 15 is 0 Å². The summed E-state index contributed by atoms with van der Waals surface area (Å²) < 4.78 is 93.5. The molecule has 0 spiro atoms. The summed E-state index contributed by atoms with van der Waals surface area (Å²) in [7, 11) is -3.86. The fourth-order valence-electron chi connectivity index (χ4n) is 2.41. The second-order valence-corrected chi connectivity index (χ2v) is 9.12. The summed E-state index contributed by atoms with van der Waals surface area (Å²) in [6.45, 7) is 0.451. The van der Waals surface area contributed by atoms with E-state index in [0.29, 0.717) is 0 Å². The molecule has 30 heavy (non-hydrogen) atoms. The minimum absolute atomic E-state index is 0.0541. The Labute approximate surface area is 171 Å². The van der Waals surface area contributed by atoms with E-state index in [1.807, 2.05) is 0 Å². The van der Waals surface area contributed by atoms with Crippen molar-refractivity contribution in [3.05, 3.63) is 30.9 Å². The molecule has 0 atom stereocenters. The van der Waals surface area contributed by atoms with Crippen LogP contribution in [-0.4, -0.2) is 52.1 Å². The molecule has 0 aliphatic heterocycles. The fourth-order valence-corrected chi connectivity index (χ4v) is 3.97. The van der Waals surface area contributed by atoms with Crippen LogP contribution in [0.4, 0.5) is 22.0 Å². The second-order valence-electron chi connectivity index (χ2n) is 5.79. The Balaban J connectivity index is 2.06. The van der Waals surface area contributed by atoms with Crippen molar-refractivity contribution in [2.24, 2.45) is 0 Å². The van der Waals surface area contributed by atoms with Crippen molar-refractivity contribution in [1.29, 1.82) is 0 Å². The van der Waals surface area contributed by atoms with Crippen molar-refractivity contribution in [2.75, 3.05) is 12.4 Å².